The van der Waals surface area contributed by atoms with Gasteiger partial charge in [-0.05, 0) is 84.8 Å². The van der Waals surface area contributed by atoms with Gasteiger partial charge in [0.25, 0.3) is 5.91 Å². The molecule has 10 heteroatoms. The number of rotatable bonds is 14. The van der Waals surface area contributed by atoms with Gasteiger partial charge in [0.15, 0.2) is 0 Å². The molecule has 0 saturated heterocycles. The van der Waals surface area contributed by atoms with Gasteiger partial charge in [-0.3, -0.25) is 9.59 Å². The van der Waals surface area contributed by atoms with Gasteiger partial charge in [0, 0.05) is 35.4 Å². The van der Waals surface area contributed by atoms with Gasteiger partial charge >= 0.3 is 5.97 Å². The fraction of sp³-hybridized carbons (Fsp3) is 0.263. The number of nitrogens with one attached hydrogen (secondary N) is 2. The monoisotopic (exact) mass is 649 g/mol. The number of hydrogen-bond acceptors (Lipinski definition) is 6. The summed E-state index contributed by atoms with van der Waals surface area (Å²) in [6.07, 6.45) is 1.24. The number of carbonyl (C=O) groups excluding carboxylic acids is 1. The summed E-state index contributed by atoms with van der Waals surface area (Å²) in [7, 11) is 0. The van der Waals surface area contributed by atoms with Crippen molar-refractivity contribution in [1.82, 2.24) is 14.5 Å². The Balaban J connectivity index is 1.70. The lowest BCUT2D eigenvalue weighted by Crippen LogP contribution is -2.19. The minimum atomic E-state index is -1.05. The van der Waals surface area contributed by atoms with Gasteiger partial charge in [-0.2, -0.15) is 0 Å². The number of hydrogen-bond donors (Lipinski definition) is 4. The number of carboxylic acids is 1. The van der Waals surface area contributed by atoms with Gasteiger partial charge in [0.1, 0.15) is 5.82 Å². The molecular weight excluding hydrogens is 609 g/mol. The van der Waals surface area contributed by atoms with Gasteiger partial charge < -0.3 is 25.4 Å². The molecule has 2 heterocycles. The number of aromatic nitrogens is 3. The van der Waals surface area contributed by atoms with Crippen molar-refractivity contribution in [1.29, 1.82) is 0 Å². The summed E-state index contributed by atoms with van der Waals surface area (Å²) in [5, 5.41) is 25.8. The van der Waals surface area contributed by atoms with Crippen LogP contribution in [0, 0.1) is 11.7 Å². The van der Waals surface area contributed by atoms with Gasteiger partial charge in [-0.25, -0.2) is 14.4 Å². The Morgan fingerprint density at radius 1 is 0.896 bits per heavy atom. The normalized spacial score (nSPS) is 12.5. The topological polar surface area (TPSA) is 129 Å². The molecule has 2 aromatic heterocycles. The molecule has 5 rings (SSSR count). The SMILES string of the molecule is CC(C)c1c(C(=O)Nc2ccccc2)c(-c2ccnc(Nc3ccccc3)n2)c(-c2ccc(F)cc2)n1CC[C@@H](C)C[C@@H](O)CC(=O)O. The van der Waals surface area contributed by atoms with Crippen LogP contribution in [0.1, 0.15) is 62.0 Å². The number of aliphatic hydroxyl groups excluding tert-OH is 1. The second-order valence-electron chi connectivity index (χ2n) is 12.3. The minimum absolute atomic E-state index is 0.0337. The molecule has 0 aliphatic rings. The fourth-order valence-electron chi connectivity index (χ4n) is 6.00. The molecule has 0 aliphatic carbocycles. The molecule has 48 heavy (non-hydrogen) atoms. The molecule has 0 saturated carbocycles. The highest BCUT2D eigenvalue weighted by molar-refractivity contribution is 6.12. The number of para-hydroxylation sites is 2. The number of aliphatic hydroxyl groups is 1. The van der Waals surface area contributed by atoms with Crippen LogP contribution in [0.3, 0.4) is 0 Å². The second kappa shape index (κ2) is 15.5. The van der Waals surface area contributed by atoms with E-state index >= 15 is 0 Å². The van der Waals surface area contributed by atoms with E-state index in [1.807, 2.05) is 81.4 Å². The van der Waals surface area contributed by atoms with Gasteiger partial charge in [-0.1, -0.05) is 57.2 Å². The molecule has 4 N–H and O–H groups in total. The minimum Gasteiger partial charge on any atom is -0.481 e. The third-order valence-electron chi connectivity index (χ3n) is 8.10. The van der Waals surface area contributed by atoms with Crippen LogP contribution >= 0.6 is 0 Å². The molecule has 2 atom stereocenters. The lowest BCUT2D eigenvalue weighted by atomic mass is 9.97. The van der Waals surface area contributed by atoms with Crippen molar-refractivity contribution in [2.45, 2.75) is 58.6 Å². The maximum Gasteiger partial charge on any atom is 0.305 e. The molecule has 0 radical (unpaired) electrons. The Morgan fingerprint density at radius 2 is 1.54 bits per heavy atom. The average molecular weight is 650 g/mol. The highest BCUT2D eigenvalue weighted by Gasteiger charge is 2.31. The molecule has 0 aliphatic heterocycles. The van der Waals surface area contributed by atoms with E-state index in [1.54, 1.807) is 24.4 Å². The standard InChI is InChI=1S/C38H40FN5O4/c1-24(2)35-34(37(48)41-28-10-6-4-7-11-28)33(31-18-20-40-38(43-31)42-29-12-8-5-9-13-29)36(26-14-16-27(39)17-15-26)44(35)21-19-25(3)22-30(45)23-32(46)47/h4-18,20,24-25,30,45H,19,21-23H2,1-3H3,(H,41,48)(H,46,47)(H,40,42,43)/t25-,30-/m1/s1. The van der Waals surface area contributed by atoms with E-state index < -0.39 is 12.1 Å². The first-order valence-corrected chi connectivity index (χ1v) is 16.0. The van der Waals surface area contributed by atoms with E-state index in [4.69, 9.17) is 10.1 Å². The summed E-state index contributed by atoms with van der Waals surface area (Å²) in [5.74, 6) is -1.56. The summed E-state index contributed by atoms with van der Waals surface area (Å²) in [6.45, 7) is 6.46. The second-order valence-corrected chi connectivity index (χ2v) is 12.3. The van der Waals surface area contributed by atoms with Crippen LogP contribution in [0.25, 0.3) is 22.5 Å². The predicted octanol–water partition coefficient (Wildman–Crippen LogP) is 8.12. The first-order valence-electron chi connectivity index (χ1n) is 16.0. The molecule has 0 spiro atoms. The Labute approximate surface area is 279 Å². The summed E-state index contributed by atoms with van der Waals surface area (Å²) < 4.78 is 16.4. The maximum atomic E-state index is 14.4. The Hall–Kier alpha value is -5.35. The lowest BCUT2D eigenvalue weighted by Gasteiger charge is -2.20. The average Bonchev–Trinajstić information content (AvgIpc) is 3.40. The number of amides is 1. The number of carboxylic acid groups (broad SMARTS) is 1. The maximum absolute atomic E-state index is 14.4. The third kappa shape index (κ3) is 8.32. The van der Waals surface area contributed by atoms with Crippen LogP contribution in [-0.4, -0.2) is 42.7 Å². The number of carbonyl (C=O) groups is 2. The van der Waals surface area contributed by atoms with Crippen molar-refractivity contribution >= 4 is 29.2 Å². The van der Waals surface area contributed by atoms with Gasteiger partial charge in [0.05, 0.1) is 29.5 Å². The zero-order valence-electron chi connectivity index (χ0n) is 27.2. The number of halogens is 1. The first kappa shape index (κ1) is 34.0. The molecule has 248 valence electrons. The summed E-state index contributed by atoms with van der Waals surface area (Å²) in [5.41, 5.74) is 5.12. The molecule has 0 bridgehead atoms. The van der Waals surface area contributed by atoms with E-state index in [1.165, 1.54) is 12.1 Å². The van der Waals surface area contributed by atoms with Crippen molar-refractivity contribution < 1.29 is 24.2 Å². The number of benzene rings is 3. The molecule has 0 fully saturated rings. The van der Waals surface area contributed by atoms with Crippen molar-refractivity contribution in [2.24, 2.45) is 5.92 Å². The van der Waals surface area contributed by atoms with Crippen LogP contribution < -0.4 is 10.6 Å². The zero-order valence-corrected chi connectivity index (χ0v) is 27.2. The molecule has 1 amide bonds. The predicted molar refractivity (Wildman–Crippen MR) is 186 cm³/mol. The van der Waals surface area contributed by atoms with E-state index in [2.05, 4.69) is 20.2 Å². The van der Waals surface area contributed by atoms with Crippen molar-refractivity contribution in [2.75, 3.05) is 10.6 Å². The summed E-state index contributed by atoms with van der Waals surface area (Å²) >= 11 is 0. The molecule has 3 aromatic carbocycles. The van der Waals surface area contributed by atoms with Crippen LogP contribution in [0.15, 0.2) is 97.2 Å². The van der Waals surface area contributed by atoms with E-state index in [0.29, 0.717) is 59.1 Å². The summed E-state index contributed by atoms with van der Waals surface area (Å²) in [4.78, 5) is 34.9. The zero-order chi connectivity index (χ0) is 34.2. The molecule has 0 unspecified atom stereocenters. The van der Waals surface area contributed by atoms with E-state index in [0.717, 1.165) is 11.4 Å². The smallest absolute Gasteiger partial charge is 0.305 e. The number of nitrogens with zero attached hydrogens (tertiary/aromatic N) is 3. The van der Waals surface area contributed by atoms with Crippen molar-refractivity contribution in [3.8, 4) is 22.5 Å². The molecule has 5 aromatic rings. The number of aliphatic carboxylic acids is 1. The Kier molecular flexibility index (Phi) is 11.0. The van der Waals surface area contributed by atoms with Crippen molar-refractivity contribution in [3.05, 3.63) is 114 Å². The highest BCUT2D eigenvalue weighted by atomic mass is 19.1. The largest absolute Gasteiger partial charge is 0.481 e. The molecule has 9 nitrogen and oxygen atoms in total. The Bertz CT molecular complexity index is 1840. The third-order valence-corrected chi connectivity index (χ3v) is 8.10. The van der Waals surface area contributed by atoms with Crippen LogP contribution in [0.4, 0.5) is 21.7 Å². The van der Waals surface area contributed by atoms with Crippen LogP contribution in [-0.2, 0) is 11.3 Å². The number of anilines is 3. The Morgan fingerprint density at radius 3 is 2.17 bits per heavy atom. The van der Waals surface area contributed by atoms with Gasteiger partial charge in [-0.15, -0.1) is 0 Å². The van der Waals surface area contributed by atoms with Crippen LogP contribution in [0.2, 0.25) is 0 Å². The highest BCUT2D eigenvalue weighted by Crippen LogP contribution is 2.42. The quantitative estimate of drug-likeness (QED) is 0.0956. The van der Waals surface area contributed by atoms with Crippen molar-refractivity contribution in [3.63, 3.8) is 0 Å². The lowest BCUT2D eigenvalue weighted by molar-refractivity contribution is -0.139. The summed E-state index contributed by atoms with van der Waals surface area (Å²) in [6, 6.07) is 26.7. The van der Waals surface area contributed by atoms with Gasteiger partial charge in [0.2, 0.25) is 5.95 Å². The van der Waals surface area contributed by atoms with Crippen LogP contribution in [0.5, 0.6) is 0 Å². The van der Waals surface area contributed by atoms with E-state index in [-0.39, 0.29) is 30.0 Å². The van der Waals surface area contributed by atoms with E-state index in [9.17, 15) is 19.1 Å². The first-order chi connectivity index (χ1) is 23.1. The molecular formula is C38H40FN5O4. The fourth-order valence-corrected chi connectivity index (χ4v) is 6.00.